The molecule has 14 aromatic rings. The molecule has 0 saturated heterocycles. The second-order valence-electron chi connectivity index (χ2n) is 31.0. The molecular weight excluding hydrogens is 1940 g/mol. The molecule has 0 radical (unpaired) electrons. The average molecular weight is 2030 g/mol. The van der Waals surface area contributed by atoms with Gasteiger partial charge >= 0.3 is 0 Å². The van der Waals surface area contributed by atoms with E-state index in [2.05, 4.69) is 108 Å². The Bertz CT molecular complexity index is 7950. The number of hydrogen-bond donors (Lipinski definition) is 10. The topological polar surface area (TPSA) is 643 Å². The predicted molar refractivity (Wildman–Crippen MR) is 530 cm³/mol. The third-order valence-electron chi connectivity index (χ3n) is 19.9. The van der Waals surface area contributed by atoms with E-state index in [0.717, 1.165) is 12.1 Å². The smallest absolute Gasteiger partial charge is 0.296 e. The van der Waals surface area contributed by atoms with Gasteiger partial charge in [0.05, 0.1) is 114 Å². The molecule has 0 bridgehead atoms. The lowest BCUT2D eigenvalue weighted by atomic mass is 10.1. The maximum Gasteiger partial charge on any atom is 0.296 e. The van der Waals surface area contributed by atoms with E-state index in [1.807, 2.05) is 13.8 Å². The van der Waals surface area contributed by atoms with E-state index in [4.69, 9.17) is 39.4 Å². The first kappa shape index (κ1) is 102. The van der Waals surface area contributed by atoms with Crippen LogP contribution in [0.5, 0.6) is 11.5 Å². The van der Waals surface area contributed by atoms with Crippen molar-refractivity contribution in [1.82, 2.24) is 29.9 Å². The van der Waals surface area contributed by atoms with E-state index >= 15 is 0 Å². The van der Waals surface area contributed by atoms with Crippen molar-refractivity contribution in [2.24, 2.45) is 81.8 Å². The Labute approximate surface area is 818 Å². The Morgan fingerprint density at radius 1 is 0.336 bits per heavy atom. The maximum atomic E-state index is 13.1. The maximum absolute atomic E-state index is 13.1. The molecule has 0 aliphatic carbocycles. The first-order valence-corrected chi connectivity index (χ1v) is 50.3. The van der Waals surface area contributed by atoms with E-state index < -0.39 is 72.0 Å². The molecule has 0 unspecified atom stereocenters. The van der Waals surface area contributed by atoms with Gasteiger partial charge in [-0.1, -0.05) is 55.5 Å². The molecule has 0 fully saturated rings. The summed E-state index contributed by atoms with van der Waals surface area (Å²) < 4.78 is 183. The number of hydrogen-bond acceptors (Lipinski definition) is 39. The summed E-state index contributed by atoms with van der Waals surface area (Å²) in [5, 5.41) is 84.2. The van der Waals surface area contributed by atoms with Gasteiger partial charge in [-0.3, -0.25) is 27.6 Å². The first-order valence-electron chi connectivity index (χ1n) is 42.9. The summed E-state index contributed by atoms with van der Waals surface area (Å²) in [4.78, 5) is 40.4. The lowest BCUT2D eigenvalue weighted by molar-refractivity contribution is -0.114. The highest BCUT2D eigenvalue weighted by atomic mass is 32.2. The fourth-order valence-electron chi connectivity index (χ4n) is 13.0. The lowest BCUT2D eigenvalue weighted by Gasteiger charge is -2.16. The highest BCUT2D eigenvalue weighted by Crippen LogP contribution is 2.42. The Morgan fingerprint density at radius 2 is 0.720 bits per heavy atom. The number of azo groups is 8. The quantitative estimate of drug-likeness (QED) is 0.00965. The summed E-state index contributed by atoms with van der Waals surface area (Å²) in [6, 6.07) is 65.1. The zero-order valence-corrected chi connectivity index (χ0v) is 80.1. The van der Waals surface area contributed by atoms with E-state index in [-0.39, 0.29) is 148 Å². The summed E-state index contributed by atoms with van der Waals surface area (Å²) in [7, 11) is -23.0. The molecule has 0 aliphatic heterocycles. The number of aromatic nitrogens is 6. The Balaban J connectivity index is 0.771. The average Bonchev–Trinajstić information content (AvgIpc) is 0.807. The van der Waals surface area contributed by atoms with Crippen LogP contribution in [-0.2, 0) is 68.2 Å². The van der Waals surface area contributed by atoms with Gasteiger partial charge < -0.3 is 36.1 Å². The van der Waals surface area contributed by atoms with Crippen LogP contribution in [0.3, 0.4) is 0 Å². The highest BCUT2D eigenvalue weighted by molar-refractivity contribution is 7.87. The molecule has 45 nitrogen and oxygen atoms in total. The van der Waals surface area contributed by atoms with Gasteiger partial charge in [0.15, 0.2) is 0 Å². The molecular formula is C93H85N27O18S5. The first-order chi connectivity index (χ1) is 68.4. The number of rotatable bonds is 42. The number of anilines is 7. The van der Waals surface area contributed by atoms with Gasteiger partial charge in [-0.25, -0.2) is 4.98 Å². The van der Waals surface area contributed by atoms with Crippen molar-refractivity contribution in [3.63, 3.8) is 0 Å². The number of benzene rings is 12. The van der Waals surface area contributed by atoms with Crippen LogP contribution in [0.4, 0.5) is 132 Å². The van der Waals surface area contributed by atoms with Gasteiger partial charge in [-0.05, 0) is 250 Å². The van der Waals surface area contributed by atoms with Gasteiger partial charge in [0.2, 0.25) is 29.7 Å². The van der Waals surface area contributed by atoms with Gasteiger partial charge in [-0.15, -0.1) is 15.3 Å². The highest BCUT2D eigenvalue weighted by Gasteiger charge is 2.24. The Kier molecular flexibility index (Phi) is 33.1. The van der Waals surface area contributed by atoms with Crippen LogP contribution >= 0.6 is 0 Å². The fraction of sp³-hybridized carbons (Fsp3) is 0.151. The summed E-state index contributed by atoms with van der Waals surface area (Å²) in [6.07, 6.45) is 0.247. The second kappa shape index (κ2) is 46.4. The number of nitrogens with one attached hydrogen (secondary N) is 5. The largest absolute Gasteiger partial charge is 0.493 e. The van der Waals surface area contributed by atoms with Crippen molar-refractivity contribution < 1.29 is 79.1 Å². The number of ether oxygens (including phenoxy) is 2. The molecule has 50 heteroatoms. The van der Waals surface area contributed by atoms with E-state index in [1.165, 1.54) is 85.8 Å². The minimum atomic E-state index is -4.88. The molecule has 2 heterocycles. The van der Waals surface area contributed by atoms with Crippen LogP contribution < -0.4 is 36.1 Å². The zero-order valence-electron chi connectivity index (χ0n) is 76.0. The number of aryl methyl sites for hydroxylation is 3. The standard InChI is InChI=1S/C93H85N27O18S5/c1-6-44-137-85-55-80(119-118-79-41-33-73(54-87(79)143(134,135)136)114-106-64-16-11-8-12-17-64)59(4)49-83(85)98-93-103-91(102-92(104-93)97-71-31-39-77(58(3)48-71)115-111-67-23-19-65(20-24-67)107-109-69-27-34-74(35-28-69)140(125,126)127)95-43-42-94-90-100-88(50-61-18-38-76(57(2)47-61)116-117-78-40-32-72(53-86(78)142(131,132)133)113-105-63-14-9-7-10-15-63)99-89(101-90)52-62-51-81(96-60(5)121)82(56-84(62)138-45-13-46-139(122,123)124)120-112-68-25-21-66(22-26-68)108-110-70-29-36-75(37-30-70)141(128,129)130/h7-12,14-41,47-49,51,53-56H,6,13,42-46,50,52H2,1-5H3,(H,96,121)(H,122,123,124)(H,125,126,127)(H,128,129,130)(H,131,132,133)(H,134,135,136)(H,94,99,100,101)(H3,95,97,98,102,103,104). The third-order valence-corrected chi connectivity index (χ3v) is 24.2. The van der Waals surface area contributed by atoms with Crippen molar-refractivity contribution in [3.05, 3.63) is 294 Å². The summed E-state index contributed by atoms with van der Waals surface area (Å²) in [5.41, 5.74) is 7.88. The summed E-state index contributed by atoms with van der Waals surface area (Å²) in [5.74, 6) is -0.427. The van der Waals surface area contributed by atoms with Crippen LogP contribution in [0.1, 0.15) is 66.2 Å². The zero-order chi connectivity index (χ0) is 101. The number of carbonyl (C=O) groups is 1. The van der Waals surface area contributed by atoms with Crippen molar-refractivity contribution in [3.8, 4) is 11.5 Å². The fourth-order valence-corrected chi connectivity index (χ4v) is 15.8. The monoisotopic (exact) mass is 2030 g/mol. The van der Waals surface area contributed by atoms with Crippen molar-refractivity contribution >= 4 is 188 Å². The van der Waals surface area contributed by atoms with Gasteiger partial charge in [0.1, 0.15) is 50.0 Å². The van der Waals surface area contributed by atoms with E-state index in [1.54, 1.807) is 178 Å². The van der Waals surface area contributed by atoms with E-state index in [9.17, 15) is 69.6 Å². The molecule has 0 spiro atoms. The van der Waals surface area contributed by atoms with Crippen LogP contribution in [0.15, 0.2) is 356 Å². The second-order valence-corrected chi connectivity index (χ2v) is 38.2. The summed E-state index contributed by atoms with van der Waals surface area (Å²) in [6.45, 7) is 8.50. The van der Waals surface area contributed by atoms with Crippen LogP contribution in [0.2, 0.25) is 0 Å². The van der Waals surface area contributed by atoms with Crippen molar-refractivity contribution in [2.45, 2.75) is 79.9 Å². The molecule has 10 N–H and O–H groups in total. The number of nitrogens with zero attached hydrogens (tertiary/aromatic N) is 22. The lowest BCUT2D eigenvalue weighted by Crippen LogP contribution is -2.19. The predicted octanol–water partition coefficient (Wildman–Crippen LogP) is 23.9. The SMILES string of the molecule is CCCOc1cc(N=Nc2ccc(N=Nc3ccccc3)cc2S(=O)(=O)O)c(C)cc1Nc1nc(NCCNc2nc(Cc3ccc(N=Nc4ccc(N=Nc5ccccc5)cc4S(=O)(=O)O)c(C)c3)nc(Cc3cc(NC(C)=O)c(N=Nc4ccc(N=Nc5ccc(S(=O)(=O)O)cc5)cc4)cc3OCCCS(=O)(=O)O)n2)nc(Nc2ccc(N=Nc3ccc(N=Nc4ccc(S(=O)(=O)O)cc4)cc3)c(C)c2)n1. The molecule has 0 saturated carbocycles. The minimum Gasteiger partial charge on any atom is -0.493 e. The molecule has 14 rings (SSSR count). The molecule has 0 atom stereocenters. The summed E-state index contributed by atoms with van der Waals surface area (Å²) >= 11 is 0. The van der Waals surface area contributed by atoms with Crippen LogP contribution in [0.25, 0.3) is 0 Å². The normalized spacial score (nSPS) is 12.3. The van der Waals surface area contributed by atoms with Crippen LogP contribution in [0, 0.1) is 20.8 Å². The van der Waals surface area contributed by atoms with Crippen LogP contribution in [-0.4, -0.2) is 133 Å². The Morgan fingerprint density at radius 3 is 1.19 bits per heavy atom. The minimum absolute atomic E-state index is 0.0160. The van der Waals surface area contributed by atoms with Gasteiger partial charge in [0, 0.05) is 56.2 Å². The van der Waals surface area contributed by atoms with E-state index in [0.29, 0.717) is 96.8 Å². The van der Waals surface area contributed by atoms with Crippen molar-refractivity contribution in [1.29, 1.82) is 0 Å². The Hall–Kier alpha value is -16.7. The molecule has 12 aromatic carbocycles. The number of amides is 1. The molecule has 0 aliphatic rings. The van der Waals surface area contributed by atoms with Crippen molar-refractivity contribution in [2.75, 3.05) is 58.6 Å². The molecule has 2 aromatic heterocycles. The van der Waals surface area contributed by atoms with Gasteiger partial charge in [-0.2, -0.15) is 133 Å². The molecule has 1 amide bonds. The number of carbonyl (C=O) groups excluding carboxylic acids is 1. The third kappa shape index (κ3) is 30.4. The van der Waals surface area contributed by atoms with Gasteiger partial charge in [0.25, 0.3) is 50.6 Å². The molecule has 730 valence electrons. The molecule has 143 heavy (non-hydrogen) atoms.